The summed E-state index contributed by atoms with van der Waals surface area (Å²) in [5, 5.41) is 0. The topological polar surface area (TPSA) is 58.2 Å². The molecule has 36 heavy (non-hydrogen) atoms. The number of imidazole rings is 1. The molecule has 1 unspecified atom stereocenters. The number of hydrogen-bond acceptors (Lipinski definition) is 3. The zero-order valence-electron chi connectivity index (χ0n) is 20.9. The molecule has 4 aromatic rings. The third-order valence-corrected chi connectivity index (χ3v) is 7.65. The molecule has 1 aliphatic heterocycles. The molecule has 5 nitrogen and oxygen atoms in total. The summed E-state index contributed by atoms with van der Waals surface area (Å²) >= 11 is 3.60. The first-order chi connectivity index (χ1) is 17.2. The minimum Gasteiger partial charge on any atom is -0.444 e. The van der Waals surface area contributed by atoms with Gasteiger partial charge in [-0.25, -0.2) is 9.78 Å². The minimum absolute atomic E-state index is 0.0838. The molecule has 1 aromatic heterocycles. The highest BCUT2D eigenvalue weighted by Gasteiger charge is 2.35. The number of H-pyrrole nitrogens is 1. The number of hydrogen-bond donors (Lipinski definition) is 1. The SMILES string of the molecule is CC(C)(C)OC(=O)N1CCCC1c1nc2ccc(-c3ccc4c(c3)CCc3cc(Br)ccc3-4)cc2[nH]1. The van der Waals surface area contributed by atoms with Crippen molar-refractivity contribution in [3.05, 3.63) is 76.0 Å². The fraction of sp³-hybridized carbons (Fsp3) is 0.333. The highest BCUT2D eigenvalue weighted by atomic mass is 79.9. The first-order valence-electron chi connectivity index (χ1n) is 12.7. The number of nitrogens with zero attached hydrogens (tertiary/aromatic N) is 2. The Bertz CT molecular complexity index is 1480. The largest absolute Gasteiger partial charge is 0.444 e. The van der Waals surface area contributed by atoms with Gasteiger partial charge >= 0.3 is 6.09 Å². The lowest BCUT2D eigenvalue weighted by molar-refractivity contribution is 0.0219. The second-order valence-electron chi connectivity index (χ2n) is 10.9. The van der Waals surface area contributed by atoms with E-state index in [0.29, 0.717) is 6.54 Å². The standard InChI is InChI=1S/C30H30BrN3O2/c1-30(2,3)36-29(35)34-14-4-5-27(34)28-32-25-13-9-19(17-26(25)33-28)18-8-11-23-20(15-18)6-7-21-16-22(31)10-12-24(21)23/h8-13,15-17,27H,4-7,14H2,1-3H3,(H,32,33). The normalized spacial score (nSPS) is 17.2. The number of likely N-dealkylation sites (tertiary alicyclic amines) is 1. The van der Waals surface area contributed by atoms with Crippen LogP contribution in [0.5, 0.6) is 0 Å². The van der Waals surface area contributed by atoms with Crippen LogP contribution < -0.4 is 0 Å². The summed E-state index contributed by atoms with van der Waals surface area (Å²) in [5.41, 5.74) is 9.25. The lowest BCUT2D eigenvalue weighted by Gasteiger charge is -2.27. The number of nitrogens with one attached hydrogen (secondary N) is 1. The molecule has 0 spiro atoms. The van der Waals surface area contributed by atoms with Crippen LogP contribution in [0.2, 0.25) is 0 Å². The molecule has 1 fully saturated rings. The van der Waals surface area contributed by atoms with E-state index < -0.39 is 5.60 Å². The van der Waals surface area contributed by atoms with E-state index in [9.17, 15) is 4.79 Å². The van der Waals surface area contributed by atoms with Crippen LogP contribution in [0.4, 0.5) is 4.79 Å². The number of fused-ring (bicyclic) bond motifs is 4. The number of benzene rings is 3. The van der Waals surface area contributed by atoms with E-state index in [1.807, 2.05) is 25.7 Å². The molecule has 1 atom stereocenters. The molecule has 184 valence electrons. The zero-order chi connectivity index (χ0) is 25.0. The maximum Gasteiger partial charge on any atom is 0.410 e. The van der Waals surface area contributed by atoms with E-state index in [2.05, 4.69) is 75.5 Å². The van der Waals surface area contributed by atoms with Crippen LogP contribution in [0.15, 0.2) is 59.1 Å². The van der Waals surface area contributed by atoms with Gasteiger partial charge in [-0.05, 0) is 104 Å². The lowest BCUT2D eigenvalue weighted by Crippen LogP contribution is -2.36. The van der Waals surface area contributed by atoms with E-state index in [-0.39, 0.29) is 12.1 Å². The van der Waals surface area contributed by atoms with Gasteiger partial charge in [0.1, 0.15) is 11.4 Å². The zero-order valence-corrected chi connectivity index (χ0v) is 22.5. The first kappa shape index (κ1) is 23.3. The Hall–Kier alpha value is -3.12. The molecule has 2 heterocycles. The molecule has 0 radical (unpaired) electrons. The second kappa shape index (κ2) is 8.77. The van der Waals surface area contributed by atoms with Crippen LogP contribution >= 0.6 is 15.9 Å². The van der Waals surface area contributed by atoms with Gasteiger partial charge in [-0.15, -0.1) is 0 Å². The molecular weight excluding hydrogens is 514 g/mol. The fourth-order valence-electron chi connectivity index (χ4n) is 5.50. The monoisotopic (exact) mass is 543 g/mol. The van der Waals surface area contributed by atoms with Crippen molar-refractivity contribution in [2.75, 3.05) is 6.54 Å². The van der Waals surface area contributed by atoms with Crippen molar-refractivity contribution in [1.82, 2.24) is 14.9 Å². The number of carbonyl (C=O) groups is 1. The van der Waals surface area contributed by atoms with Gasteiger partial charge in [0.25, 0.3) is 0 Å². The number of rotatable bonds is 2. The summed E-state index contributed by atoms with van der Waals surface area (Å²) in [6, 6.07) is 19.7. The van der Waals surface area contributed by atoms with Crippen molar-refractivity contribution >= 4 is 33.1 Å². The molecule has 3 aromatic carbocycles. The predicted molar refractivity (Wildman–Crippen MR) is 147 cm³/mol. The number of aromatic amines is 1. The van der Waals surface area contributed by atoms with Gasteiger partial charge in [0.05, 0.1) is 17.1 Å². The Balaban J connectivity index is 1.29. The number of ether oxygens (including phenoxy) is 1. The highest BCUT2D eigenvalue weighted by Crippen LogP contribution is 2.38. The van der Waals surface area contributed by atoms with Crippen molar-refractivity contribution in [3.8, 4) is 22.3 Å². The fourth-order valence-corrected chi connectivity index (χ4v) is 5.91. The molecule has 1 N–H and O–H groups in total. The smallest absolute Gasteiger partial charge is 0.410 e. The van der Waals surface area contributed by atoms with Gasteiger partial charge in [0, 0.05) is 11.0 Å². The van der Waals surface area contributed by atoms with Crippen molar-refractivity contribution in [2.24, 2.45) is 0 Å². The number of amides is 1. The van der Waals surface area contributed by atoms with E-state index >= 15 is 0 Å². The van der Waals surface area contributed by atoms with E-state index in [1.165, 1.54) is 27.8 Å². The maximum atomic E-state index is 12.8. The molecule has 2 aliphatic rings. The maximum absolute atomic E-state index is 12.8. The summed E-state index contributed by atoms with van der Waals surface area (Å²) in [7, 11) is 0. The van der Waals surface area contributed by atoms with E-state index in [0.717, 1.165) is 52.6 Å². The van der Waals surface area contributed by atoms with Crippen molar-refractivity contribution < 1.29 is 9.53 Å². The summed E-state index contributed by atoms with van der Waals surface area (Å²) in [4.78, 5) is 22.9. The molecular formula is C30H30BrN3O2. The third kappa shape index (κ3) is 4.32. The van der Waals surface area contributed by atoms with Crippen LogP contribution in [0, 0.1) is 0 Å². The highest BCUT2D eigenvalue weighted by molar-refractivity contribution is 9.10. The summed E-state index contributed by atoms with van der Waals surface area (Å²) in [6.07, 6.45) is 3.67. The molecule has 6 heteroatoms. The second-order valence-corrected chi connectivity index (χ2v) is 11.8. The molecule has 1 saturated heterocycles. The first-order valence-corrected chi connectivity index (χ1v) is 13.5. The predicted octanol–water partition coefficient (Wildman–Crippen LogP) is 7.83. The average Bonchev–Trinajstić information content (AvgIpc) is 3.49. The van der Waals surface area contributed by atoms with Crippen molar-refractivity contribution in [3.63, 3.8) is 0 Å². The van der Waals surface area contributed by atoms with Gasteiger partial charge in [0.15, 0.2) is 0 Å². The molecule has 1 aliphatic carbocycles. The average molecular weight is 544 g/mol. The molecule has 1 amide bonds. The van der Waals surface area contributed by atoms with Gasteiger partial charge < -0.3 is 9.72 Å². The molecule has 0 saturated carbocycles. The Labute approximate surface area is 220 Å². The summed E-state index contributed by atoms with van der Waals surface area (Å²) < 4.78 is 6.78. The van der Waals surface area contributed by atoms with Gasteiger partial charge in [-0.2, -0.15) is 0 Å². The number of halogens is 1. The van der Waals surface area contributed by atoms with E-state index in [4.69, 9.17) is 9.72 Å². The summed E-state index contributed by atoms with van der Waals surface area (Å²) in [5.74, 6) is 0.832. The number of carbonyl (C=O) groups excluding carboxylic acids is 1. The van der Waals surface area contributed by atoms with Gasteiger partial charge in [-0.1, -0.05) is 46.3 Å². The lowest BCUT2D eigenvalue weighted by atomic mass is 9.84. The molecule has 6 rings (SSSR count). The van der Waals surface area contributed by atoms with Crippen LogP contribution in [0.3, 0.4) is 0 Å². The van der Waals surface area contributed by atoms with Crippen LogP contribution in [0.25, 0.3) is 33.3 Å². The quantitative estimate of drug-likeness (QED) is 0.280. The molecule has 0 bridgehead atoms. The van der Waals surface area contributed by atoms with E-state index in [1.54, 1.807) is 0 Å². The number of aromatic nitrogens is 2. The Kier molecular flexibility index (Phi) is 5.67. The Morgan fingerprint density at radius 3 is 2.47 bits per heavy atom. The number of aryl methyl sites for hydroxylation is 2. The van der Waals surface area contributed by atoms with Gasteiger partial charge in [-0.3, -0.25) is 4.90 Å². The summed E-state index contributed by atoms with van der Waals surface area (Å²) in [6.45, 7) is 6.39. The Morgan fingerprint density at radius 2 is 1.69 bits per heavy atom. The van der Waals surface area contributed by atoms with Crippen LogP contribution in [-0.4, -0.2) is 33.1 Å². The van der Waals surface area contributed by atoms with Crippen molar-refractivity contribution in [2.45, 2.75) is 58.1 Å². The van der Waals surface area contributed by atoms with Crippen LogP contribution in [-0.2, 0) is 17.6 Å². The minimum atomic E-state index is -0.513. The van der Waals surface area contributed by atoms with Crippen molar-refractivity contribution in [1.29, 1.82) is 0 Å². The van der Waals surface area contributed by atoms with Gasteiger partial charge in [0.2, 0.25) is 0 Å². The third-order valence-electron chi connectivity index (χ3n) is 7.16. The van der Waals surface area contributed by atoms with Crippen LogP contribution in [0.1, 0.15) is 56.6 Å². The Morgan fingerprint density at radius 1 is 1.00 bits per heavy atom.